The third-order valence-corrected chi connectivity index (χ3v) is 4.57. The van der Waals surface area contributed by atoms with Crippen LogP contribution in [0.2, 0.25) is 5.02 Å². The van der Waals surface area contributed by atoms with E-state index in [1.807, 2.05) is 11.9 Å². The number of halogens is 2. The number of hydrogen-bond acceptors (Lipinski definition) is 2. The molecule has 18 heavy (non-hydrogen) atoms. The van der Waals surface area contributed by atoms with Gasteiger partial charge in [-0.1, -0.05) is 11.6 Å². The Morgan fingerprint density at radius 3 is 2.67 bits per heavy atom. The minimum Gasteiger partial charge on any atom is -0.339 e. The molecule has 1 N–H and O–H groups in total. The van der Waals surface area contributed by atoms with E-state index in [1.54, 1.807) is 18.2 Å². The molecule has 0 aromatic heterocycles. The second-order valence-electron chi connectivity index (χ2n) is 4.48. The van der Waals surface area contributed by atoms with Crippen molar-refractivity contribution in [3.05, 3.63) is 33.3 Å². The number of nitrogens with one attached hydrogen (secondary N) is 1. The van der Waals surface area contributed by atoms with Crippen LogP contribution in [0.4, 0.5) is 0 Å². The molecule has 98 valence electrons. The monoisotopic (exact) mass is 330 g/mol. The van der Waals surface area contributed by atoms with Crippen LogP contribution in [0.15, 0.2) is 22.7 Å². The first-order valence-electron chi connectivity index (χ1n) is 6.03. The summed E-state index contributed by atoms with van der Waals surface area (Å²) in [5.74, 6) is 0.0851. The van der Waals surface area contributed by atoms with Crippen LogP contribution in [0.1, 0.15) is 23.2 Å². The second kappa shape index (κ2) is 6.04. The van der Waals surface area contributed by atoms with Crippen LogP contribution >= 0.6 is 27.5 Å². The van der Waals surface area contributed by atoms with E-state index < -0.39 is 0 Å². The van der Waals surface area contributed by atoms with Crippen molar-refractivity contribution in [2.45, 2.75) is 18.9 Å². The van der Waals surface area contributed by atoms with Gasteiger partial charge in [-0.2, -0.15) is 0 Å². The van der Waals surface area contributed by atoms with Gasteiger partial charge < -0.3 is 10.2 Å². The number of likely N-dealkylation sites (tertiary alicyclic amines) is 1. The van der Waals surface area contributed by atoms with Gasteiger partial charge >= 0.3 is 0 Å². The lowest BCUT2D eigenvalue weighted by atomic mass is 10.0. The van der Waals surface area contributed by atoms with Gasteiger partial charge in [-0.05, 0) is 54.0 Å². The van der Waals surface area contributed by atoms with Crippen LogP contribution in [-0.4, -0.2) is 37.0 Å². The number of amides is 1. The molecule has 1 fully saturated rings. The molecule has 0 saturated carbocycles. The van der Waals surface area contributed by atoms with E-state index in [0.29, 0.717) is 16.6 Å². The fourth-order valence-corrected chi connectivity index (χ4v) is 2.68. The molecular weight excluding hydrogens is 316 g/mol. The fraction of sp³-hybridized carbons (Fsp3) is 0.462. The molecule has 0 aliphatic carbocycles. The Balaban J connectivity index is 2.05. The second-order valence-corrected chi connectivity index (χ2v) is 5.75. The van der Waals surface area contributed by atoms with Crippen LogP contribution in [0.5, 0.6) is 0 Å². The summed E-state index contributed by atoms with van der Waals surface area (Å²) in [5.41, 5.74) is 0.689. The lowest BCUT2D eigenvalue weighted by Crippen LogP contribution is -2.43. The van der Waals surface area contributed by atoms with Gasteiger partial charge in [0, 0.05) is 29.2 Å². The maximum atomic E-state index is 12.3. The van der Waals surface area contributed by atoms with E-state index in [2.05, 4.69) is 21.2 Å². The fourth-order valence-electron chi connectivity index (χ4n) is 2.18. The summed E-state index contributed by atoms with van der Waals surface area (Å²) in [4.78, 5) is 14.2. The summed E-state index contributed by atoms with van der Waals surface area (Å²) in [6.45, 7) is 1.62. The van der Waals surface area contributed by atoms with Crippen molar-refractivity contribution < 1.29 is 4.79 Å². The number of piperidine rings is 1. The lowest BCUT2D eigenvalue weighted by molar-refractivity contribution is 0.0707. The first-order chi connectivity index (χ1) is 8.61. The predicted octanol–water partition coefficient (Wildman–Crippen LogP) is 2.93. The third kappa shape index (κ3) is 3.05. The first-order valence-corrected chi connectivity index (χ1v) is 7.20. The average molecular weight is 332 g/mol. The zero-order chi connectivity index (χ0) is 13.1. The molecule has 1 aliphatic heterocycles. The summed E-state index contributed by atoms with van der Waals surface area (Å²) < 4.78 is 0.764. The zero-order valence-electron chi connectivity index (χ0n) is 10.2. The molecule has 0 spiro atoms. The number of benzene rings is 1. The van der Waals surface area contributed by atoms with Crippen LogP contribution in [-0.2, 0) is 0 Å². The Bertz CT molecular complexity index is 445. The van der Waals surface area contributed by atoms with E-state index in [0.717, 1.165) is 30.4 Å². The molecular formula is C13H16BrClN2O. The summed E-state index contributed by atoms with van der Waals surface area (Å²) >= 11 is 9.28. The normalized spacial score (nSPS) is 16.9. The molecule has 5 heteroatoms. The van der Waals surface area contributed by atoms with Gasteiger partial charge in [-0.25, -0.2) is 0 Å². The minimum absolute atomic E-state index is 0.0851. The Kier molecular flexibility index (Phi) is 4.65. The van der Waals surface area contributed by atoms with Gasteiger partial charge in [0.2, 0.25) is 0 Å². The molecule has 1 aliphatic rings. The van der Waals surface area contributed by atoms with Gasteiger partial charge in [0.1, 0.15) is 0 Å². The van der Waals surface area contributed by atoms with Crippen molar-refractivity contribution in [1.82, 2.24) is 10.2 Å². The molecule has 2 rings (SSSR count). The van der Waals surface area contributed by atoms with E-state index in [9.17, 15) is 4.79 Å². The largest absolute Gasteiger partial charge is 0.339 e. The van der Waals surface area contributed by atoms with Gasteiger partial charge in [0.05, 0.1) is 5.02 Å². The van der Waals surface area contributed by atoms with Crippen molar-refractivity contribution in [2.75, 3.05) is 20.1 Å². The number of rotatable bonds is 2. The molecule has 0 atom stereocenters. The van der Waals surface area contributed by atoms with Crippen molar-refractivity contribution in [1.29, 1.82) is 0 Å². The first kappa shape index (κ1) is 13.8. The molecule has 1 aromatic rings. The molecule has 1 aromatic carbocycles. The highest BCUT2D eigenvalue weighted by Crippen LogP contribution is 2.24. The standard InChI is InChI=1S/C13H16BrClN2O/c1-16-10-4-6-17(7-5-10)13(18)9-2-3-12(15)11(14)8-9/h2-3,8,10,16H,4-7H2,1H3. The summed E-state index contributed by atoms with van der Waals surface area (Å²) in [6, 6.07) is 5.85. The maximum absolute atomic E-state index is 12.3. The predicted molar refractivity (Wildman–Crippen MR) is 77.1 cm³/mol. The van der Waals surface area contributed by atoms with Crippen molar-refractivity contribution in [3.63, 3.8) is 0 Å². The third-order valence-electron chi connectivity index (χ3n) is 3.36. The van der Waals surface area contributed by atoms with Crippen LogP contribution < -0.4 is 5.32 Å². The number of nitrogens with zero attached hydrogens (tertiary/aromatic N) is 1. The van der Waals surface area contributed by atoms with E-state index in [4.69, 9.17) is 11.6 Å². The Morgan fingerprint density at radius 2 is 2.11 bits per heavy atom. The van der Waals surface area contributed by atoms with E-state index in [-0.39, 0.29) is 5.91 Å². The van der Waals surface area contributed by atoms with Crippen molar-refractivity contribution in [2.24, 2.45) is 0 Å². The molecule has 1 saturated heterocycles. The quantitative estimate of drug-likeness (QED) is 0.904. The van der Waals surface area contributed by atoms with Crippen LogP contribution in [0.25, 0.3) is 0 Å². The van der Waals surface area contributed by atoms with Crippen molar-refractivity contribution >= 4 is 33.4 Å². The van der Waals surface area contributed by atoms with Gasteiger partial charge in [-0.15, -0.1) is 0 Å². The number of carbonyl (C=O) groups is 1. The van der Waals surface area contributed by atoms with E-state index >= 15 is 0 Å². The summed E-state index contributed by atoms with van der Waals surface area (Å²) in [6.07, 6.45) is 2.02. The average Bonchev–Trinajstić information content (AvgIpc) is 2.41. The van der Waals surface area contributed by atoms with Crippen molar-refractivity contribution in [3.8, 4) is 0 Å². The van der Waals surface area contributed by atoms with Gasteiger partial charge in [-0.3, -0.25) is 4.79 Å². The lowest BCUT2D eigenvalue weighted by Gasteiger charge is -2.31. The zero-order valence-corrected chi connectivity index (χ0v) is 12.6. The SMILES string of the molecule is CNC1CCN(C(=O)c2ccc(Cl)c(Br)c2)CC1. The van der Waals surface area contributed by atoms with Gasteiger partial charge in [0.15, 0.2) is 0 Å². The molecule has 0 bridgehead atoms. The molecule has 3 nitrogen and oxygen atoms in total. The molecule has 1 amide bonds. The highest BCUT2D eigenvalue weighted by Gasteiger charge is 2.22. The highest BCUT2D eigenvalue weighted by atomic mass is 79.9. The Hall–Kier alpha value is -0.580. The number of carbonyl (C=O) groups excluding carboxylic acids is 1. The van der Waals surface area contributed by atoms with E-state index in [1.165, 1.54) is 0 Å². The highest BCUT2D eigenvalue weighted by molar-refractivity contribution is 9.10. The number of hydrogen-bond donors (Lipinski definition) is 1. The van der Waals surface area contributed by atoms with Gasteiger partial charge in [0.25, 0.3) is 5.91 Å². The van der Waals surface area contributed by atoms with Crippen LogP contribution in [0, 0.1) is 0 Å². The molecule has 1 heterocycles. The van der Waals surface area contributed by atoms with Crippen LogP contribution in [0.3, 0.4) is 0 Å². The molecule has 0 unspecified atom stereocenters. The summed E-state index contributed by atoms with van der Waals surface area (Å²) in [7, 11) is 1.97. The smallest absolute Gasteiger partial charge is 0.253 e. The summed E-state index contributed by atoms with van der Waals surface area (Å²) in [5, 5.41) is 3.88. The Labute approximate surface area is 121 Å². The Morgan fingerprint density at radius 1 is 1.44 bits per heavy atom. The molecule has 0 radical (unpaired) electrons. The topological polar surface area (TPSA) is 32.3 Å². The minimum atomic E-state index is 0.0851. The maximum Gasteiger partial charge on any atom is 0.253 e.